The second-order valence-corrected chi connectivity index (χ2v) is 3.43. The van der Waals surface area contributed by atoms with Gasteiger partial charge < -0.3 is 15.2 Å². The van der Waals surface area contributed by atoms with Crippen molar-refractivity contribution in [2.45, 2.75) is 5.92 Å². The molecule has 0 amide bonds. The minimum atomic E-state index is -0.750. The highest BCUT2D eigenvalue weighted by atomic mass is 16.5. The summed E-state index contributed by atoms with van der Waals surface area (Å²) in [5.74, 6) is 0.182. The predicted molar refractivity (Wildman–Crippen MR) is 58.8 cm³/mol. The van der Waals surface area contributed by atoms with Gasteiger partial charge in [-0.3, -0.25) is 0 Å². The van der Waals surface area contributed by atoms with Gasteiger partial charge in [0.25, 0.3) is 0 Å². The van der Waals surface area contributed by atoms with E-state index < -0.39 is 5.92 Å². The molecule has 5 nitrogen and oxygen atoms in total. The zero-order valence-electron chi connectivity index (χ0n) is 9.10. The zero-order chi connectivity index (χ0) is 12.4. The summed E-state index contributed by atoms with van der Waals surface area (Å²) < 4.78 is 10.5. The molecule has 1 aliphatic heterocycles. The molecule has 1 unspecified atom stereocenters. The minimum absolute atomic E-state index is 0.0280. The Kier molecular flexibility index (Phi) is 2.60. The fourth-order valence-corrected chi connectivity index (χ4v) is 1.78. The summed E-state index contributed by atoms with van der Waals surface area (Å²) in [7, 11) is 1.50. The van der Waals surface area contributed by atoms with Crippen LogP contribution in [0.4, 0.5) is 0 Å². The molecule has 0 bridgehead atoms. The van der Waals surface area contributed by atoms with Crippen molar-refractivity contribution < 1.29 is 9.47 Å². The highest BCUT2D eigenvalue weighted by Gasteiger charge is 2.31. The molecular weight excluding hydrogens is 218 g/mol. The fourth-order valence-electron chi connectivity index (χ4n) is 1.78. The molecule has 0 saturated carbocycles. The van der Waals surface area contributed by atoms with Crippen molar-refractivity contribution in [2.24, 2.45) is 5.73 Å². The van der Waals surface area contributed by atoms with Gasteiger partial charge in [-0.05, 0) is 12.1 Å². The van der Waals surface area contributed by atoms with E-state index in [1.54, 1.807) is 18.2 Å². The fraction of sp³-hybridized carbons (Fsp3) is 0.167. The number of benzene rings is 1. The lowest BCUT2D eigenvalue weighted by Crippen LogP contribution is -2.20. The SMILES string of the molecule is COc1cccc2c1C(C#N)C(C#N)=C(N)O2. The van der Waals surface area contributed by atoms with Crippen LogP contribution in [0.15, 0.2) is 29.7 Å². The first-order valence-electron chi connectivity index (χ1n) is 4.87. The summed E-state index contributed by atoms with van der Waals surface area (Å²) in [5, 5.41) is 18.2. The number of allylic oxidation sites excluding steroid dienone is 1. The highest BCUT2D eigenvalue weighted by Crippen LogP contribution is 2.42. The van der Waals surface area contributed by atoms with Gasteiger partial charge in [0.2, 0.25) is 5.88 Å². The summed E-state index contributed by atoms with van der Waals surface area (Å²) in [6.07, 6.45) is 0. The monoisotopic (exact) mass is 227 g/mol. The molecular formula is C12H9N3O2. The Labute approximate surface area is 98.3 Å². The molecule has 2 N–H and O–H groups in total. The van der Waals surface area contributed by atoms with E-state index >= 15 is 0 Å². The third-order valence-electron chi connectivity index (χ3n) is 2.56. The van der Waals surface area contributed by atoms with E-state index in [-0.39, 0.29) is 11.5 Å². The molecule has 1 aromatic rings. The molecule has 0 aromatic heterocycles. The number of nitriles is 2. The molecule has 1 atom stereocenters. The Bertz CT molecular complexity index is 578. The number of rotatable bonds is 1. The van der Waals surface area contributed by atoms with Crippen LogP contribution < -0.4 is 15.2 Å². The van der Waals surface area contributed by atoms with Crippen molar-refractivity contribution in [3.05, 3.63) is 35.2 Å². The summed E-state index contributed by atoms with van der Waals surface area (Å²) in [6.45, 7) is 0. The zero-order valence-corrected chi connectivity index (χ0v) is 9.10. The number of fused-ring (bicyclic) bond motifs is 1. The predicted octanol–water partition coefficient (Wildman–Crippen LogP) is 1.39. The van der Waals surface area contributed by atoms with Crippen molar-refractivity contribution in [3.8, 4) is 23.6 Å². The van der Waals surface area contributed by atoms with E-state index in [1.165, 1.54) is 7.11 Å². The first-order chi connectivity index (χ1) is 8.22. The normalized spacial score (nSPS) is 17.5. The maximum absolute atomic E-state index is 9.18. The lowest BCUT2D eigenvalue weighted by molar-refractivity contribution is 0.373. The molecule has 0 fully saturated rings. The topological polar surface area (TPSA) is 92.1 Å². The van der Waals surface area contributed by atoms with E-state index in [0.29, 0.717) is 17.1 Å². The van der Waals surface area contributed by atoms with E-state index in [0.717, 1.165) is 0 Å². The van der Waals surface area contributed by atoms with E-state index in [2.05, 4.69) is 0 Å². The van der Waals surface area contributed by atoms with Gasteiger partial charge in [-0.25, -0.2) is 0 Å². The van der Waals surface area contributed by atoms with Gasteiger partial charge in [0.1, 0.15) is 29.1 Å². The summed E-state index contributed by atoms with van der Waals surface area (Å²) in [4.78, 5) is 0. The summed E-state index contributed by atoms with van der Waals surface area (Å²) >= 11 is 0. The Balaban J connectivity index is 2.68. The second-order valence-electron chi connectivity index (χ2n) is 3.43. The lowest BCUT2D eigenvalue weighted by atomic mass is 9.90. The van der Waals surface area contributed by atoms with Gasteiger partial charge in [-0.1, -0.05) is 6.07 Å². The smallest absolute Gasteiger partial charge is 0.206 e. The molecule has 5 heteroatoms. The van der Waals surface area contributed by atoms with Gasteiger partial charge >= 0.3 is 0 Å². The van der Waals surface area contributed by atoms with Crippen LogP contribution >= 0.6 is 0 Å². The molecule has 1 aliphatic rings. The first-order valence-corrected chi connectivity index (χ1v) is 4.87. The van der Waals surface area contributed by atoms with E-state index in [4.69, 9.17) is 20.5 Å². The lowest BCUT2D eigenvalue weighted by Gasteiger charge is -2.23. The van der Waals surface area contributed by atoms with Gasteiger partial charge in [-0.15, -0.1) is 0 Å². The molecule has 0 spiro atoms. The van der Waals surface area contributed by atoms with Crippen LogP contribution in [-0.4, -0.2) is 7.11 Å². The molecule has 84 valence electrons. The van der Waals surface area contributed by atoms with Crippen molar-refractivity contribution >= 4 is 0 Å². The molecule has 1 aromatic carbocycles. The molecule has 1 heterocycles. The largest absolute Gasteiger partial charge is 0.496 e. The van der Waals surface area contributed by atoms with Gasteiger partial charge in [0, 0.05) is 0 Å². The van der Waals surface area contributed by atoms with Crippen molar-refractivity contribution in [1.29, 1.82) is 10.5 Å². The third-order valence-corrected chi connectivity index (χ3v) is 2.56. The average molecular weight is 227 g/mol. The van der Waals surface area contributed by atoms with E-state index in [9.17, 15) is 5.26 Å². The van der Waals surface area contributed by atoms with Crippen LogP contribution in [0, 0.1) is 22.7 Å². The number of nitrogens with zero attached hydrogens (tertiary/aromatic N) is 2. The molecule has 0 aliphatic carbocycles. The van der Waals surface area contributed by atoms with Crippen molar-refractivity contribution in [3.63, 3.8) is 0 Å². The Morgan fingerprint density at radius 2 is 2.18 bits per heavy atom. The maximum atomic E-state index is 9.18. The van der Waals surface area contributed by atoms with E-state index in [1.807, 2.05) is 12.1 Å². The molecule has 2 rings (SSSR count). The number of hydrogen-bond donors (Lipinski definition) is 1. The number of hydrogen-bond acceptors (Lipinski definition) is 5. The van der Waals surface area contributed by atoms with Crippen LogP contribution in [0.3, 0.4) is 0 Å². The average Bonchev–Trinajstić information content (AvgIpc) is 2.36. The summed E-state index contributed by atoms with van der Waals surface area (Å²) in [5.41, 5.74) is 6.26. The quantitative estimate of drug-likeness (QED) is 0.782. The van der Waals surface area contributed by atoms with Crippen LogP contribution in [0.2, 0.25) is 0 Å². The Morgan fingerprint density at radius 3 is 2.76 bits per heavy atom. The second kappa shape index (κ2) is 4.07. The van der Waals surface area contributed by atoms with Gasteiger partial charge in [0.15, 0.2) is 0 Å². The number of ether oxygens (including phenoxy) is 2. The highest BCUT2D eigenvalue weighted by molar-refractivity contribution is 5.58. The molecule has 0 saturated heterocycles. The minimum Gasteiger partial charge on any atom is -0.496 e. The standard InChI is InChI=1S/C12H9N3O2/c1-16-9-3-2-4-10-11(9)7(5-13)8(6-14)12(15)17-10/h2-4,7H,15H2,1H3. The third kappa shape index (κ3) is 1.54. The molecule has 0 radical (unpaired) electrons. The maximum Gasteiger partial charge on any atom is 0.206 e. The summed E-state index contributed by atoms with van der Waals surface area (Å²) in [6, 6.07) is 9.07. The van der Waals surface area contributed by atoms with Crippen LogP contribution in [0.25, 0.3) is 0 Å². The Morgan fingerprint density at radius 1 is 1.41 bits per heavy atom. The van der Waals surface area contributed by atoms with Crippen molar-refractivity contribution in [2.75, 3.05) is 7.11 Å². The van der Waals surface area contributed by atoms with Gasteiger partial charge in [0.05, 0.1) is 18.7 Å². The number of methoxy groups -OCH3 is 1. The Hall–Kier alpha value is -2.66. The van der Waals surface area contributed by atoms with Crippen LogP contribution in [0.5, 0.6) is 11.5 Å². The van der Waals surface area contributed by atoms with Crippen molar-refractivity contribution in [1.82, 2.24) is 0 Å². The van der Waals surface area contributed by atoms with Crippen LogP contribution in [-0.2, 0) is 0 Å². The number of nitrogens with two attached hydrogens (primary N) is 1. The first kappa shape index (κ1) is 10.8. The van der Waals surface area contributed by atoms with Gasteiger partial charge in [-0.2, -0.15) is 10.5 Å². The molecule has 17 heavy (non-hydrogen) atoms. The van der Waals surface area contributed by atoms with Crippen LogP contribution in [0.1, 0.15) is 11.5 Å².